The maximum absolute atomic E-state index is 9.32. The van der Waals surface area contributed by atoms with E-state index in [0.717, 1.165) is 11.1 Å². The van der Waals surface area contributed by atoms with Gasteiger partial charge in [0.25, 0.3) is 0 Å². The van der Waals surface area contributed by atoms with Crippen LogP contribution in [-0.4, -0.2) is 16.3 Å². The molecule has 3 nitrogen and oxygen atoms in total. The Labute approximate surface area is 119 Å². The minimum atomic E-state index is -0.0564. The van der Waals surface area contributed by atoms with Crippen LogP contribution in [0.5, 0.6) is 11.5 Å². The van der Waals surface area contributed by atoms with Crippen LogP contribution >= 0.6 is 12.4 Å². The third-order valence-electron chi connectivity index (χ3n) is 3.03. The molecule has 2 rings (SSSR count). The van der Waals surface area contributed by atoms with Gasteiger partial charge in [-0.1, -0.05) is 24.3 Å². The summed E-state index contributed by atoms with van der Waals surface area (Å²) in [6.07, 6.45) is 0. The molecule has 0 saturated heterocycles. The van der Waals surface area contributed by atoms with Crippen LogP contribution in [0.25, 0.3) is 0 Å². The average Bonchev–Trinajstić information content (AvgIpc) is 2.34. The van der Waals surface area contributed by atoms with Gasteiger partial charge in [0.05, 0.1) is 0 Å². The van der Waals surface area contributed by atoms with E-state index in [1.165, 1.54) is 0 Å². The van der Waals surface area contributed by atoms with Crippen molar-refractivity contribution < 1.29 is 10.2 Å². The standard InChI is InChI=1S/C15H17NO2.ClH/c1-10(16)15(11-2-6-13(17)7-3-11)12-4-8-14(18)9-5-12;/h2-10,15,17-18H,16H2,1H3;1H. The lowest BCUT2D eigenvalue weighted by atomic mass is 9.86. The van der Waals surface area contributed by atoms with Gasteiger partial charge in [-0.15, -0.1) is 12.4 Å². The van der Waals surface area contributed by atoms with E-state index in [1.54, 1.807) is 24.3 Å². The smallest absolute Gasteiger partial charge is 0.115 e. The van der Waals surface area contributed by atoms with Gasteiger partial charge in [-0.25, -0.2) is 0 Å². The Morgan fingerprint density at radius 1 is 0.789 bits per heavy atom. The van der Waals surface area contributed by atoms with E-state index in [-0.39, 0.29) is 35.9 Å². The van der Waals surface area contributed by atoms with Crippen molar-refractivity contribution in [1.29, 1.82) is 0 Å². The molecule has 0 aromatic heterocycles. The molecule has 0 aliphatic heterocycles. The highest BCUT2D eigenvalue weighted by molar-refractivity contribution is 5.85. The Hall–Kier alpha value is -1.71. The third-order valence-corrected chi connectivity index (χ3v) is 3.03. The van der Waals surface area contributed by atoms with E-state index in [4.69, 9.17) is 5.73 Å². The second-order valence-corrected chi connectivity index (χ2v) is 4.52. The largest absolute Gasteiger partial charge is 0.508 e. The zero-order valence-electron chi connectivity index (χ0n) is 10.7. The highest BCUT2D eigenvalue weighted by atomic mass is 35.5. The lowest BCUT2D eigenvalue weighted by molar-refractivity contribution is 0.474. The maximum atomic E-state index is 9.32. The van der Waals surface area contributed by atoms with Crippen LogP contribution in [0.1, 0.15) is 24.0 Å². The Bertz CT molecular complexity index is 463. The Balaban J connectivity index is 0.00000180. The Morgan fingerprint density at radius 3 is 1.37 bits per heavy atom. The van der Waals surface area contributed by atoms with E-state index in [2.05, 4.69) is 0 Å². The van der Waals surface area contributed by atoms with E-state index in [9.17, 15) is 10.2 Å². The maximum Gasteiger partial charge on any atom is 0.115 e. The topological polar surface area (TPSA) is 66.5 Å². The molecule has 0 heterocycles. The number of phenolic OH excluding ortho intramolecular Hbond substituents is 2. The lowest BCUT2D eigenvalue weighted by Gasteiger charge is -2.22. The Kier molecular flexibility index (Phi) is 5.21. The normalized spacial score (nSPS) is 11.9. The zero-order valence-corrected chi connectivity index (χ0v) is 11.5. The highest BCUT2D eigenvalue weighted by Crippen LogP contribution is 2.29. The second-order valence-electron chi connectivity index (χ2n) is 4.52. The van der Waals surface area contributed by atoms with E-state index in [1.807, 2.05) is 31.2 Å². The molecule has 4 heteroatoms. The van der Waals surface area contributed by atoms with Crippen LogP contribution in [0.2, 0.25) is 0 Å². The van der Waals surface area contributed by atoms with Gasteiger partial charge in [0.1, 0.15) is 11.5 Å². The van der Waals surface area contributed by atoms with Crippen molar-refractivity contribution >= 4 is 12.4 Å². The minimum Gasteiger partial charge on any atom is -0.508 e. The summed E-state index contributed by atoms with van der Waals surface area (Å²) in [6.45, 7) is 1.95. The number of hydrogen-bond donors (Lipinski definition) is 3. The summed E-state index contributed by atoms with van der Waals surface area (Å²) in [7, 11) is 0. The Morgan fingerprint density at radius 2 is 1.11 bits per heavy atom. The van der Waals surface area contributed by atoms with Gasteiger partial charge in [-0.05, 0) is 42.3 Å². The predicted molar refractivity (Wildman–Crippen MR) is 79.0 cm³/mol. The van der Waals surface area contributed by atoms with E-state index < -0.39 is 0 Å². The fourth-order valence-corrected chi connectivity index (χ4v) is 2.16. The number of nitrogens with two attached hydrogens (primary N) is 1. The molecule has 1 unspecified atom stereocenters. The van der Waals surface area contributed by atoms with Crippen molar-refractivity contribution in [3.63, 3.8) is 0 Å². The zero-order chi connectivity index (χ0) is 13.1. The summed E-state index contributed by atoms with van der Waals surface area (Å²) in [5, 5.41) is 18.6. The minimum absolute atomic E-state index is 0. The predicted octanol–water partition coefficient (Wildman–Crippen LogP) is 3.00. The molecule has 0 fully saturated rings. The molecule has 102 valence electrons. The number of rotatable bonds is 3. The van der Waals surface area contributed by atoms with Gasteiger partial charge in [0, 0.05) is 12.0 Å². The van der Waals surface area contributed by atoms with Crippen LogP contribution in [-0.2, 0) is 0 Å². The number of benzene rings is 2. The molecule has 19 heavy (non-hydrogen) atoms. The molecule has 4 N–H and O–H groups in total. The fourth-order valence-electron chi connectivity index (χ4n) is 2.16. The molecule has 1 atom stereocenters. The highest BCUT2D eigenvalue weighted by Gasteiger charge is 2.18. The first-order chi connectivity index (χ1) is 8.58. The van der Waals surface area contributed by atoms with Crippen LogP contribution in [0.4, 0.5) is 0 Å². The van der Waals surface area contributed by atoms with Crippen LogP contribution < -0.4 is 5.73 Å². The molecule has 0 aliphatic carbocycles. The van der Waals surface area contributed by atoms with Crippen LogP contribution in [0.3, 0.4) is 0 Å². The van der Waals surface area contributed by atoms with Crippen molar-refractivity contribution in [1.82, 2.24) is 0 Å². The molecule has 2 aromatic carbocycles. The van der Waals surface area contributed by atoms with Crippen molar-refractivity contribution in [2.45, 2.75) is 18.9 Å². The summed E-state index contributed by atoms with van der Waals surface area (Å²) in [6, 6.07) is 14.1. The average molecular weight is 280 g/mol. The van der Waals surface area contributed by atoms with Crippen LogP contribution in [0, 0.1) is 0 Å². The van der Waals surface area contributed by atoms with Crippen molar-refractivity contribution in [3.8, 4) is 11.5 Å². The molecular weight excluding hydrogens is 262 g/mol. The molecule has 0 aliphatic rings. The molecule has 0 bridgehead atoms. The van der Waals surface area contributed by atoms with Gasteiger partial charge in [-0.3, -0.25) is 0 Å². The van der Waals surface area contributed by atoms with Crippen molar-refractivity contribution in [3.05, 3.63) is 59.7 Å². The third kappa shape index (κ3) is 3.63. The van der Waals surface area contributed by atoms with Crippen LogP contribution in [0.15, 0.2) is 48.5 Å². The molecule has 0 radical (unpaired) electrons. The number of phenols is 2. The molecule has 2 aromatic rings. The SMILES string of the molecule is CC(N)C(c1ccc(O)cc1)c1ccc(O)cc1.Cl. The van der Waals surface area contributed by atoms with E-state index >= 15 is 0 Å². The fraction of sp³-hybridized carbons (Fsp3) is 0.200. The monoisotopic (exact) mass is 279 g/mol. The quantitative estimate of drug-likeness (QED) is 0.809. The first-order valence-electron chi connectivity index (χ1n) is 5.91. The second kappa shape index (κ2) is 6.45. The number of hydrogen-bond acceptors (Lipinski definition) is 3. The van der Waals surface area contributed by atoms with Gasteiger partial charge in [0.15, 0.2) is 0 Å². The van der Waals surface area contributed by atoms with Crippen molar-refractivity contribution in [2.75, 3.05) is 0 Å². The van der Waals surface area contributed by atoms with Gasteiger partial charge in [-0.2, -0.15) is 0 Å². The summed E-state index contributed by atoms with van der Waals surface area (Å²) in [5.74, 6) is 0.534. The lowest BCUT2D eigenvalue weighted by Crippen LogP contribution is -2.25. The van der Waals surface area contributed by atoms with Crippen molar-refractivity contribution in [2.24, 2.45) is 5.73 Å². The first kappa shape index (κ1) is 15.3. The summed E-state index contributed by atoms with van der Waals surface area (Å²) in [4.78, 5) is 0. The molecule has 0 saturated carbocycles. The first-order valence-corrected chi connectivity index (χ1v) is 5.91. The summed E-state index contributed by atoms with van der Waals surface area (Å²) < 4.78 is 0. The van der Waals surface area contributed by atoms with Gasteiger partial charge < -0.3 is 15.9 Å². The number of aromatic hydroxyl groups is 2. The summed E-state index contributed by atoms with van der Waals surface area (Å²) in [5.41, 5.74) is 8.15. The number of halogens is 1. The molecular formula is C15H18ClNO2. The van der Waals surface area contributed by atoms with Gasteiger partial charge in [0.2, 0.25) is 0 Å². The van der Waals surface area contributed by atoms with E-state index in [0.29, 0.717) is 0 Å². The summed E-state index contributed by atoms with van der Waals surface area (Å²) >= 11 is 0. The van der Waals surface area contributed by atoms with Gasteiger partial charge >= 0.3 is 0 Å². The molecule has 0 amide bonds. The molecule has 0 spiro atoms.